The summed E-state index contributed by atoms with van der Waals surface area (Å²) in [4.78, 5) is 4.33. The van der Waals surface area contributed by atoms with Gasteiger partial charge in [-0.2, -0.15) is 5.26 Å². The zero-order valence-electron chi connectivity index (χ0n) is 14.7. The van der Waals surface area contributed by atoms with E-state index in [1.807, 2.05) is 6.07 Å². The predicted molar refractivity (Wildman–Crippen MR) is 101 cm³/mol. The number of benzene rings is 2. The van der Waals surface area contributed by atoms with E-state index in [1.54, 1.807) is 37.4 Å². The largest absolute Gasteiger partial charge is 0.504 e. The van der Waals surface area contributed by atoms with Gasteiger partial charge in [-0.05, 0) is 42.0 Å². The molecule has 0 saturated heterocycles. The molecule has 7 nitrogen and oxygen atoms in total. The summed E-state index contributed by atoms with van der Waals surface area (Å²) >= 11 is 0. The first-order valence-electron chi connectivity index (χ1n) is 7.93. The maximum Gasteiger partial charge on any atom is 0.158 e. The molecule has 1 heterocycles. The second-order valence-electron chi connectivity index (χ2n) is 5.70. The summed E-state index contributed by atoms with van der Waals surface area (Å²) in [6.45, 7) is 0. The van der Waals surface area contributed by atoms with E-state index in [1.165, 1.54) is 19.2 Å². The maximum atomic E-state index is 9.81. The number of pyridine rings is 1. The summed E-state index contributed by atoms with van der Waals surface area (Å²) in [5.74, 6) is 0.662. The minimum atomic E-state index is -0.299. The average molecular weight is 363 g/mol. The lowest BCUT2D eigenvalue weighted by atomic mass is 9.97. The van der Waals surface area contributed by atoms with Crippen LogP contribution in [0.4, 0.5) is 5.82 Å². The van der Waals surface area contributed by atoms with Crippen molar-refractivity contribution in [2.75, 3.05) is 20.0 Å². The Morgan fingerprint density at radius 1 is 0.963 bits per heavy atom. The molecule has 136 valence electrons. The SMILES string of the molecule is COc1ccc(OC)c(-c2cc(-c3ccc(O)c(O)c3)c(C#N)c(N)n2)c1. The highest BCUT2D eigenvalue weighted by atomic mass is 16.5. The second kappa shape index (κ2) is 7.14. The van der Waals surface area contributed by atoms with Gasteiger partial charge >= 0.3 is 0 Å². The third-order valence-electron chi connectivity index (χ3n) is 4.13. The van der Waals surface area contributed by atoms with E-state index in [0.29, 0.717) is 33.9 Å². The maximum absolute atomic E-state index is 9.81. The van der Waals surface area contributed by atoms with Crippen LogP contribution in [0.3, 0.4) is 0 Å². The minimum absolute atomic E-state index is 0.0439. The molecule has 1 aromatic heterocycles. The molecule has 0 saturated carbocycles. The predicted octanol–water partition coefficient (Wildman–Crippen LogP) is 3.30. The average Bonchev–Trinajstić information content (AvgIpc) is 2.68. The van der Waals surface area contributed by atoms with Crippen molar-refractivity contribution in [1.29, 1.82) is 5.26 Å². The summed E-state index contributed by atoms with van der Waals surface area (Å²) in [6.07, 6.45) is 0. The minimum Gasteiger partial charge on any atom is -0.504 e. The molecule has 0 amide bonds. The van der Waals surface area contributed by atoms with E-state index in [-0.39, 0.29) is 22.9 Å². The van der Waals surface area contributed by atoms with Gasteiger partial charge in [0.15, 0.2) is 11.5 Å². The highest BCUT2D eigenvalue weighted by molar-refractivity contribution is 5.82. The van der Waals surface area contributed by atoms with Crippen LogP contribution >= 0.6 is 0 Å². The smallest absolute Gasteiger partial charge is 0.158 e. The van der Waals surface area contributed by atoms with Gasteiger partial charge in [0.25, 0.3) is 0 Å². The van der Waals surface area contributed by atoms with Crippen molar-refractivity contribution in [1.82, 2.24) is 4.98 Å². The van der Waals surface area contributed by atoms with Gasteiger partial charge in [0.05, 0.1) is 19.9 Å². The molecule has 3 rings (SSSR count). The molecule has 3 aromatic rings. The molecule has 0 aliphatic rings. The summed E-state index contributed by atoms with van der Waals surface area (Å²) in [6, 6.07) is 13.3. The van der Waals surface area contributed by atoms with Crippen LogP contribution in [0.5, 0.6) is 23.0 Å². The fourth-order valence-corrected chi connectivity index (χ4v) is 2.75. The first-order chi connectivity index (χ1) is 13.0. The Kier molecular flexibility index (Phi) is 4.73. The number of hydrogen-bond donors (Lipinski definition) is 3. The van der Waals surface area contributed by atoms with Crippen LogP contribution in [0.15, 0.2) is 42.5 Å². The Bertz CT molecular complexity index is 1060. The molecule has 0 bridgehead atoms. The lowest BCUT2D eigenvalue weighted by Crippen LogP contribution is -2.01. The number of phenols is 2. The number of phenolic OH excluding ortho intramolecular Hbond substituents is 2. The first-order valence-corrected chi connectivity index (χ1v) is 7.93. The van der Waals surface area contributed by atoms with E-state index < -0.39 is 0 Å². The Labute approximate surface area is 155 Å². The molecular formula is C20H17N3O4. The molecule has 0 aliphatic heterocycles. The van der Waals surface area contributed by atoms with Crippen molar-refractivity contribution in [3.63, 3.8) is 0 Å². The van der Waals surface area contributed by atoms with E-state index in [0.717, 1.165) is 0 Å². The topological polar surface area (TPSA) is 122 Å². The molecule has 7 heteroatoms. The van der Waals surface area contributed by atoms with Crippen LogP contribution in [-0.2, 0) is 0 Å². The molecule has 0 radical (unpaired) electrons. The summed E-state index contributed by atoms with van der Waals surface area (Å²) < 4.78 is 10.7. The summed E-state index contributed by atoms with van der Waals surface area (Å²) in [7, 11) is 3.09. The normalized spacial score (nSPS) is 10.3. The summed E-state index contributed by atoms with van der Waals surface area (Å²) in [5, 5.41) is 28.9. The molecule has 0 aliphatic carbocycles. The van der Waals surface area contributed by atoms with Gasteiger partial charge in [0.2, 0.25) is 0 Å². The number of nitrogen functional groups attached to an aromatic ring is 1. The third-order valence-corrected chi connectivity index (χ3v) is 4.13. The zero-order valence-corrected chi connectivity index (χ0v) is 14.7. The summed E-state index contributed by atoms with van der Waals surface area (Å²) in [5.41, 5.74) is 8.29. The number of ether oxygens (including phenoxy) is 2. The van der Waals surface area contributed by atoms with Crippen LogP contribution in [0.1, 0.15) is 5.56 Å². The van der Waals surface area contributed by atoms with E-state index in [9.17, 15) is 15.5 Å². The number of aromatic nitrogens is 1. The Morgan fingerprint density at radius 3 is 2.37 bits per heavy atom. The Morgan fingerprint density at radius 2 is 1.74 bits per heavy atom. The van der Waals surface area contributed by atoms with Crippen LogP contribution in [0, 0.1) is 11.3 Å². The Balaban J connectivity index is 2.27. The fourth-order valence-electron chi connectivity index (χ4n) is 2.75. The van der Waals surface area contributed by atoms with Crippen LogP contribution in [0.25, 0.3) is 22.4 Å². The van der Waals surface area contributed by atoms with E-state index in [4.69, 9.17) is 15.2 Å². The van der Waals surface area contributed by atoms with Gasteiger partial charge in [-0.1, -0.05) is 6.07 Å². The Hall–Kier alpha value is -3.92. The van der Waals surface area contributed by atoms with Gasteiger partial charge in [-0.15, -0.1) is 0 Å². The van der Waals surface area contributed by atoms with Crippen LogP contribution in [0.2, 0.25) is 0 Å². The van der Waals surface area contributed by atoms with Crippen molar-refractivity contribution < 1.29 is 19.7 Å². The number of anilines is 1. The van der Waals surface area contributed by atoms with Crippen molar-refractivity contribution in [3.8, 4) is 51.5 Å². The van der Waals surface area contributed by atoms with Crippen molar-refractivity contribution in [2.45, 2.75) is 0 Å². The zero-order chi connectivity index (χ0) is 19.6. The highest BCUT2D eigenvalue weighted by Gasteiger charge is 2.17. The van der Waals surface area contributed by atoms with Crippen molar-refractivity contribution in [3.05, 3.63) is 48.0 Å². The lowest BCUT2D eigenvalue weighted by molar-refractivity contribution is 0.404. The molecule has 0 unspecified atom stereocenters. The lowest BCUT2D eigenvalue weighted by Gasteiger charge is -2.14. The molecule has 0 atom stereocenters. The fraction of sp³-hybridized carbons (Fsp3) is 0.100. The number of nitriles is 1. The van der Waals surface area contributed by atoms with Crippen LogP contribution < -0.4 is 15.2 Å². The second-order valence-corrected chi connectivity index (χ2v) is 5.70. The molecule has 0 spiro atoms. The number of methoxy groups -OCH3 is 2. The third kappa shape index (κ3) is 3.28. The molecule has 27 heavy (non-hydrogen) atoms. The number of aromatic hydroxyl groups is 2. The number of nitrogens with zero attached hydrogens (tertiary/aromatic N) is 2. The van der Waals surface area contributed by atoms with Gasteiger partial charge in [-0.3, -0.25) is 0 Å². The first kappa shape index (κ1) is 17.9. The monoisotopic (exact) mass is 363 g/mol. The standard InChI is InChI=1S/C20H17N3O4/c1-26-12-4-6-19(27-2)14(8-12)16-9-13(15(10-21)20(22)23-16)11-3-5-17(24)18(25)7-11/h3-9,24-25H,1-2H3,(H2,22,23). The molecule has 4 N–H and O–H groups in total. The number of nitrogens with two attached hydrogens (primary N) is 1. The van der Waals surface area contributed by atoms with Gasteiger partial charge in [0.1, 0.15) is 28.9 Å². The highest BCUT2D eigenvalue weighted by Crippen LogP contribution is 2.38. The van der Waals surface area contributed by atoms with Gasteiger partial charge in [0, 0.05) is 11.1 Å². The van der Waals surface area contributed by atoms with Crippen molar-refractivity contribution >= 4 is 5.82 Å². The van der Waals surface area contributed by atoms with Gasteiger partial charge < -0.3 is 25.4 Å². The van der Waals surface area contributed by atoms with E-state index >= 15 is 0 Å². The van der Waals surface area contributed by atoms with Crippen molar-refractivity contribution in [2.24, 2.45) is 0 Å². The quantitative estimate of drug-likeness (QED) is 0.608. The molecule has 0 fully saturated rings. The molecule has 2 aromatic carbocycles. The van der Waals surface area contributed by atoms with Gasteiger partial charge in [-0.25, -0.2) is 4.98 Å². The molecular weight excluding hydrogens is 346 g/mol. The number of hydrogen-bond acceptors (Lipinski definition) is 7. The van der Waals surface area contributed by atoms with E-state index in [2.05, 4.69) is 4.98 Å². The van der Waals surface area contributed by atoms with Crippen LogP contribution in [-0.4, -0.2) is 29.4 Å². The number of rotatable bonds is 4.